The van der Waals surface area contributed by atoms with E-state index in [9.17, 15) is 0 Å². The highest BCUT2D eigenvalue weighted by Gasteiger charge is 2.06. The fraction of sp³-hybridized carbons (Fsp3) is 0.429. The van der Waals surface area contributed by atoms with Crippen molar-refractivity contribution in [3.63, 3.8) is 0 Å². The molecule has 1 aromatic heterocycles. The van der Waals surface area contributed by atoms with Gasteiger partial charge in [-0.2, -0.15) is 0 Å². The van der Waals surface area contributed by atoms with E-state index in [1.165, 1.54) is 16.5 Å². The second kappa shape index (κ2) is 5.01. The van der Waals surface area contributed by atoms with Crippen LogP contribution in [-0.4, -0.2) is 4.57 Å². The fourth-order valence-corrected chi connectivity index (χ4v) is 1.85. The van der Waals surface area contributed by atoms with Crippen molar-refractivity contribution >= 4 is 10.9 Å². The molecule has 2 aromatic rings. The molecule has 0 unspecified atom stereocenters. The van der Waals surface area contributed by atoms with Gasteiger partial charge < -0.3 is 4.57 Å². The third-order valence-electron chi connectivity index (χ3n) is 2.55. The zero-order chi connectivity index (χ0) is 11.4. The van der Waals surface area contributed by atoms with E-state index in [1.54, 1.807) is 0 Å². The zero-order valence-electron chi connectivity index (χ0n) is 10.4. The van der Waals surface area contributed by atoms with Crippen molar-refractivity contribution in [1.82, 2.24) is 4.57 Å². The molecule has 0 bridgehead atoms. The lowest BCUT2D eigenvalue weighted by Crippen LogP contribution is -1.93. The van der Waals surface area contributed by atoms with Crippen molar-refractivity contribution in [2.75, 3.05) is 0 Å². The lowest BCUT2D eigenvalue weighted by Gasteiger charge is -2.08. The maximum atomic E-state index is 2.24. The van der Waals surface area contributed by atoms with Gasteiger partial charge in [0.2, 0.25) is 0 Å². The van der Waals surface area contributed by atoms with Gasteiger partial charge >= 0.3 is 0 Å². The summed E-state index contributed by atoms with van der Waals surface area (Å²) in [5.74, 6) is 0.595. The van der Waals surface area contributed by atoms with Crippen molar-refractivity contribution < 1.29 is 0 Å². The van der Waals surface area contributed by atoms with E-state index in [4.69, 9.17) is 0 Å². The van der Waals surface area contributed by atoms with Crippen molar-refractivity contribution in [2.45, 2.75) is 33.6 Å². The van der Waals surface area contributed by atoms with E-state index in [0.29, 0.717) is 5.92 Å². The van der Waals surface area contributed by atoms with E-state index in [0.717, 1.165) is 0 Å². The molecular weight excluding hydrogens is 182 g/mol. The Morgan fingerprint density at radius 1 is 1.07 bits per heavy atom. The molecule has 0 aliphatic carbocycles. The number of hydrogen-bond acceptors (Lipinski definition) is 0. The topological polar surface area (TPSA) is 4.93 Å². The molecule has 0 spiro atoms. The second-order valence-corrected chi connectivity index (χ2v) is 3.87. The first-order valence-electron chi connectivity index (χ1n) is 5.74. The van der Waals surface area contributed by atoms with Gasteiger partial charge in [-0.1, -0.05) is 45.9 Å². The standard InChI is InChI=1S/C12H15N.C2H6/c1-9(2)11-6-4-5-10-7-8-13(3)12(10)11;1-2/h4-9H,1-3H3;1-2H3. The van der Waals surface area contributed by atoms with Crippen LogP contribution in [0.3, 0.4) is 0 Å². The highest BCUT2D eigenvalue weighted by atomic mass is 14.9. The Balaban J connectivity index is 0.000000531. The molecule has 1 heteroatoms. The summed E-state index contributed by atoms with van der Waals surface area (Å²) in [6.07, 6.45) is 2.12. The Labute approximate surface area is 92.7 Å². The molecule has 1 heterocycles. The summed E-state index contributed by atoms with van der Waals surface area (Å²) in [7, 11) is 2.11. The van der Waals surface area contributed by atoms with Crippen molar-refractivity contribution in [1.29, 1.82) is 0 Å². The van der Waals surface area contributed by atoms with E-state index in [1.807, 2.05) is 13.8 Å². The molecule has 0 fully saturated rings. The number of benzene rings is 1. The van der Waals surface area contributed by atoms with Crippen LogP contribution in [0.4, 0.5) is 0 Å². The van der Waals surface area contributed by atoms with Crippen LogP contribution in [0.1, 0.15) is 39.2 Å². The Morgan fingerprint density at radius 3 is 2.33 bits per heavy atom. The van der Waals surface area contributed by atoms with Crippen molar-refractivity contribution in [3.05, 3.63) is 36.0 Å². The summed E-state index contributed by atoms with van der Waals surface area (Å²) in [5, 5.41) is 1.34. The van der Waals surface area contributed by atoms with E-state index in [-0.39, 0.29) is 0 Å². The van der Waals surface area contributed by atoms with Crippen LogP contribution in [0.15, 0.2) is 30.5 Å². The number of rotatable bonds is 1. The minimum Gasteiger partial charge on any atom is -0.350 e. The summed E-state index contributed by atoms with van der Waals surface area (Å²) >= 11 is 0. The molecule has 0 saturated carbocycles. The molecule has 0 N–H and O–H groups in total. The third-order valence-corrected chi connectivity index (χ3v) is 2.55. The Kier molecular flexibility index (Phi) is 3.96. The Hall–Kier alpha value is -1.24. The van der Waals surface area contributed by atoms with Crippen LogP contribution >= 0.6 is 0 Å². The van der Waals surface area contributed by atoms with Gasteiger partial charge in [-0.05, 0) is 22.9 Å². The van der Waals surface area contributed by atoms with Crippen LogP contribution in [0, 0.1) is 0 Å². The lowest BCUT2D eigenvalue weighted by atomic mass is 10.0. The minimum atomic E-state index is 0.595. The second-order valence-electron chi connectivity index (χ2n) is 3.87. The average molecular weight is 203 g/mol. The summed E-state index contributed by atoms with van der Waals surface area (Å²) in [6.45, 7) is 8.48. The number of hydrogen-bond donors (Lipinski definition) is 0. The van der Waals surface area contributed by atoms with Crippen LogP contribution < -0.4 is 0 Å². The molecule has 0 atom stereocenters. The fourth-order valence-electron chi connectivity index (χ4n) is 1.85. The van der Waals surface area contributed by atoms with Crippen LogP contribution in [-0.2, 0) is 7.05 Å². The number of para-hydroxylation sites is 1. The molecule has 1 aromatic carbocycles. The number of fused-ring (bicyclic) bond motifs is 1. The molecule has 0 aliphatic rings. The highest BCUT2D eigenvalue weighted by Crippen LogP contribution is 2.25. The average Bonchev–Trinajstić information content (AvgIpc) is 2.63. The quantitative estimate of drug-likeness (QED) is 0.650. The smallest absolute Gasteiger partial charge is 0.0512 e. The summed E-state index contributed by atoms with van der Waals surface area (Å²) in [5.41, 5.74) is 2.81. The van der Waals surface area contributed by atoms with Gasteiger partial charge in [0.15, 0.2) is 0 Å². The Bertz CT molecular complexity index is 424. The monoisotopic (exact) mass is 203 g/mol. The highest BCUT2D eigenvalue weighted by molar-refractivity contribution is 5.83. The zero-order valence-corrected chi connectivity index (χ0v) is 10.4. The summed E-state index contributed by atoms with van der Waals surface area (Å²) in [4.78, 5) is 0. The molecule has 0 amide bonds. The van der Waals surface area contributed by atoms with Crippen molar-refractivity contribution in [3.8, 4) is 0 Å². The van der Waals surface area contributed by atoms with E-state index < -0.39 is 0 Å². The van der Waals surface area contributed by atoms with Gasteiger partial charge in [0.05, 0.1) is 5.52 Å². The molecule has 82 valence electrons. The van der Waals surface area contributed by atoms with Gasteiger partial charge in [0, 0.05) is 13.2 Å². The van der Waals surface area contributed by atoms with Crippen LogP contribution in [0.25, 0.3) is 10.9 Å². The van der Waals surface area contributed by atoms with E-state index >= 15 is 0 Å². The van der Waals surface area contributed by atoms with Gasteiger partial charge in [-0.25, -0.2) is 0 Å². The van der Waals surface area contributed by atoms with Gasteiger partial charge in [-0.15, -0.1) is 0 Å². The van der Waals surface area contributed by atoms with Crippen LogP contribution in [0.5, 0.6) is 0 Å². The normalized spacial score (nSPS) is 10.3. The first-order chi connectivity index (χ1) is 7.20. The molecular formula is C14H21N. The first-order valence-corrected chi connectivity index (χ1v) is 5.74. The molecule has 15 heavy (non-hydrogen) atoms. The third kappa shape index (κ3) is 2.23. The number of aryl methyl sites for hydroxylation is 1. The maximum absolute atomic E-state index is 2.24. The summed E-state index contributed by atoms with van der Waals surface area (Å²) in [6, 6.07) is 8.69. The molecule has 0 radical (unpaired) electrons. The number of nitrogens with zero attached hydrogens (tertiary/aromatic N) is 1. The van der Waals surface area contributed by atoms with Gasteiger partial charge in [0.1, 0.15) is 0 Å². The molecule has 2 rings (SSSR count). The number of aromatic nitrogens is 1. The van der Waals surface area contributed by atoms with E-state index in [2.05, 4.69) is 55.9 Å². The molecule has 0 saturated heterocycles. The summed E-state index contributed by atoms with van der Waals surface area (Å²) < 4.78 is 2.20. The largest absolute Gasteiger partial charge is 0.350 e. The van der Waals surface area contributed by atoms with Gasteiger partial charge in [0.25, 0.3) is 0 Å². The molecule has 1 nitrogen and oxygen atoms in total. The molecule has 0 aliphatic heterocycles. The predicted molar refractivity (Wildman–Crippen MR) is 68.4 cm³/mol. The van der Waals surface area contributed by atoms with Crippen LogP contribution in [0.2, 0.25) is 0 Å². The van der Waals surface area contributed by atoms with Gasteiger partial charge in [-0.3, -0.25) is 0 Å². The van der Waals surface area contributed by atoms with Crippen molar-refractivity contribution in [2.24, 2.45) is 7.05 Å². The maximum Gasteiger partial charge on any atom is 0.0512 e. The lowest BCUT2D eigenvalue weighted by molar-refractivity contribution is 0.857. The Morgan fingerprint density at radius 2 is 1.73 bits per heavy atom. The minimum absolute atomic E-state index is 0.595. The SMILES string of the molecule is CC.CC(C)c1cccc2ccn(C)c12. The first kappa shape index (κ1) is 11.8. The predicted octanol–water partition coefficient (Wildman–Crippen LogP) is 4.33.